The van der Waals surface area contributed by atoms with E-state index < -0.39 is 42.0 Å². The molecule has 0 N–H and O–H groups in total. The van der Waals surface area contributed by atoms with Gasteiger partial charge in [0.25, 0.3) is 0 Å². The number of carbonyl (C=O) groups excluding carboxylic acids is 3. The fraction of sp³-hybridized carbons (Fsp3) is 0.792. The Morgan fingerprint density at radius 1 is 1.22 bits per heavy atom. The molecule has 2 fully saturated rings. The smallest absolute Gasteiger partial charge is 0.336 e. The van der Waals surface area contributed by atoms with Gasteiger partial charge in [0.05, 0.1) is 23.1 Å². The summed E-state index contributed by atoms with van der Waals surface area (Å²) >= 11 is 0. The van der Waals surface area contributed by atoms with Gasteiger partial charge in [-0.3, -0.25) is 14.5 Å². The van der Waals surface area contributed by atoms with Gasteiger partial charge in [0.1, 0.15) is 18.3 Å². The summed E-state index contributed by atoms with van der Waals surface area (Å²) in [5, 5.41) is 0. The molecule has 2 bridgehead atoms. The molecule has 4 aliphatic rings. The van der Waals surface area contributed by atoms with Gasteiger partial charge < -0.3 is 18.9 Å². The van der Waals surface area contributed by atoms with E-state index in [9.17, 15) is 14.4 Å². The second-order valence-corrected chi connectivity index (χ2v) is 10.1. The number of unbranched alkanes of at least 4 members (excludes halogenated alkanes) is 3. The van der Waals surface area contributed by atoms with Gasteiger partial charge in [-0.1, -0.05) is 33.1 Å². The topological polar surface area (TPSA) is 94.7 Å². The number of fused-ring (bicyclic) bond motifs is 4. The maximum absolute atomic E-state index is 12.9. The Morgan fingerprint density at radius 2 is 1.97 bits per heavy atom. The lowest BCUT2D eigenvalue weighted by Gasteiger charge is -2.32. The van der Waals surface area contributed by atoms with E-state index in [1.54, 1.807) is 6.08 Å². The fourth-order valence-electron chi connectivity index (χ4n) is 5.55. The van der Waals surface area contributed by atoms with Gasteiger partial charge in [0.2, 0.25) is 0 Å². The molecule has 0 aromatic rings. The predicted molar refractivity (Wildman–Crippen MR) is 115 cm³/mol. The van der Waals surface area contributed by atoms with Crippen LogP contribution in [0.5, 0.6) is 0 Å². The van der Waals surface area contributed by atoms with E-state index in [2.05, 4.69) is 6.92 Å². The Hall–Kier alpha value is -1.93. The zero-order valence-corrected chi connectivity index (χ0v) is 19.7. The third-order valence-corrected chi connectivity index (χ3v) is 7.38. The molecular formula is C24H35NO7. The third kappa shape index (κ3) is 4.19. The molecule has 4 rings (SSSR count). The number of carbonyl (C=O) groups is 3. The van der Waals surface area contributed by atoms with Crippen molar-refractivity contribution in [3.8, 4) is 0 Å². The van der Waals surface area contributed by atoms with Crippen LogP contribution in [-0.4, -0.2) is 73.0 Å². The summed E-state index contributed by atoms with van der Waals surface area (Å²) in [7, 11) is 3.71. The number of hydrogen-bond acceptors (Lipinski definition) is 8. The molecule has 8 atom stereocenters. The predicted octanol–water partition coefficient (Wildman–Crippen LogP) is 2.39. The van der Waals surface area contributed by atoms with Crippen LogP contribution < -0.4 is 0 Å². The van der Waals surface area contributed by atoms with Crippen LogP contribution in [-0.2, 0) is 33.3 Å². The first kappa shape index (κ1) is 23.2. The van der Waals surface area contributed by atoms with E-state index >= 15 is 0 Å². The quantitative estimate of drug-likeness (QED) is 0.253. The first-order valence-electron chi connectivity index (χ1n) is 11.8. The summed E-state index contributed by atoms with van der Waals surface area (Å²) < 4.78 is 23.5. The molecule has 8 nitrogen and oxygen atoms in total. The minimum atomic E-state index is -0.655. The molecule has 0 aromatic heterocycles. The van der Waals surface area contributed by atoms with Crippen molar-refractivity contribution >= 4 is 17.9 Å². The summed E-state index contributed by atoms with van der Waals surface area (Å²) in [6.07, 6.45) is 4.54. The zero-order valence-electron chi connectivity index (χ0n) is 19.7. The number of likely N-dealkylation sites (N-methyl/N-ethyl adjacent to an activating group) is 1. The van der Waals surface area contributed by atoms with Gasteiger partial charge in [-0.05, 0) is 33.5 Å². The van der Waals surface area contributed by atoms with Crippen LogP contribution in [0.15, 0.2) is 11.6 Å². The first-order valence-corrected chi connectivity index (χ1v) is 11.8. The number of epoxide rings is 1. The van der Waals surface area contributed by atoms with Crippen molar-refractivity contribution < 1.29 is 33.3 Å². The van der Waals surface area contributed by atoms with Gasteiger partial charge in [-0.25, -0.2) is 4.79 Å². The molecule has 32 heavy (non-hydrogen) atoms. The maximum Gasteiger partial charge on any atom is 0.336 e. The standard InChI is InChI=1S/C24H35NO7/c1-6-7-8-9-10-17(26)31-20-19(25(4)5)14-11-15(29-23(14)28)18-13(2)22(27)30-16(18)12-24(3)21(20)32-24/h11,13,15-16,18-21H,6-10,12H2,1-5H3/t13?,15-,16+,18+,19+,20-,21+,24+/m1/s1. The van der Waals surface area contributed by atoms with Crippen molar-refractivity contribution in [2.75, 3.05) is 14.1 Å². The number of hydrogen-bond donors (Lipinski definition) is 0. The highest BCUT2D eigenvalue weighted by molar-refractivity contribution is 5.93. The van der Waals surface area contributed by atoms with Crippen LogP contribution in [0.1, 0.15) is 59.3 Å². The van der Waals surface area contributed by atoms with E-state index in [-0.39, 0.29) is 23.8 Å². The molecule has 1 unspecified atom stereocenters. The lowest BCUT2D eigenvalue weighted by Crippen LogP contribution is -2.49. The van der Waals surface area contributed by atoms with E-state index in [1.165, 1.54) is 0 Å². The molecule has 0 amide bonds. The SMILES string of the molecule is CCCCCCC(=O)O[C@@H]1[C@@H](N(C)C)C2=C[C@@H](OC2=O)[C@@H]2C(C)C(=O)O[C@H]2C[C@]2(C)O[C@@H]12. The third-order valence-electron chi connectivity index (χ3n) is 7.38. The second kappa shape index (κ2) is 8.78. The monoisotopic (exact) mass is 449 g/mol. The molecule has 1 aliphatic carbocycles. The average Bonchev–Trinajstić information content (AvgIpc) is 3.11. The Labute approximate surface area is 189 Å². The zero-order chi connectivity index (χ0) is 23.2. The minimum Gasteiger partial charge on any atom is -0.462 e. The Bertz CT molecular complexity index is 808. The van der Waals surface area contributed by atoms with E-state index in [4.69, 9.17) is 18.9 Å². The van der Waals surface area contributed by atoms with Crippen LogP contribution in [0.25, 0.3) is 0 Å². The molecule has 0 radical (unpaired) electrons. The number of ether oxygens (including phenoxy) is 4. The Kier molecular flexibility index (Phi) is 6.38. The molecule has 8 heteroatoms. The fourth-order valence-corrected chi connectivity index (χ4v) is 5.55. The highest BCUT2D eigenvalue weighted by Crippen LogP contribution is 2.51. The van der Waals surface area contributed by atoms with Crippen molar-refractivity contribution in [2.45, 2.75) is 95.4 Å². The van der Waals surface area contributed by atoms with Crippen molar-refractivity contribution in [1.29, 1.82) is 0 Å². The molecule has 178 valence electrons. The number of rotatable bonds is 7. The van der Waals surface area contributed by atoms with Crippen LogP contribution in [0.2, 0.25) is 0 Å². The summed E-state index contributed by atoms with van der Waals surface area (Å²) in [5.41, 5.74) is -0.149. The Balaban J connectivity index is 1.63. The molecule has 0 spiro atoms. The average molecular weight is 450 g/mol. The highest BCUT2D eigenvalue weighted by atomic mass is 16.6. The minimum absolute atomic E-state index is 0.258. The largest absolute Gasteiger partial charge is 0.462 e. The van der Waals surface area contributed by atoms with Gasteiger partial charge in [-0.15, -0.1) is 0 Å². The second-order valence-electron chi connectivity index (χ2n) is 10.1. The summed E-state index contributed by atoms with van der Waals surface area (Å²) in [5.74, 6) is -1.63. The normalized spacial score (nSPS) is 40.2. The van der Waals surface area contributed by atoms with Crippen LogP contribution in [0.4, 0.5) is 0 Å². The van der Waals surface area contributed by atoms with Crippen LogP contribution >= 0.6 is 0 Å². The van der Waals surface area contributed by atoms with E-state index in [1.807, 2.05) is 32.8 Å². The lowest BCUT2D eigenvalue weighted by molar-refractivity contribution is -0.154. The van der Waals surface area contributed by atoms with Crippen LogP contribution in [0.3, 0.4) is 0 Å². The maximum atomic E-state index is 12.9. The van der Waals surface area contributed by atoms with Crippen LogP contribution in [0, 0.1) is 11.8 Å². The van der Waals surface area contributed by atoms with E-state index in [0.29, 0.717) is 18.4 Å². The molecular weight excluding hydrogens is 414 g/mol. The molecule has 3 heterocycles. The van der Waals surface area contributed by atoms with Gasteiger partial charge in [0, 0.05) is 18.8 Å². The van der Waals surface area contributed by atoms with Crippen molar-refractivity contribution in [3.63, 3.8) is 0 Å². The highest BCUT2D eigenvalue weighted by Gasteiger charge is 2.65. The summed E-state index contributed by atoms with van der Waals surface area (Å²) in [4.78, 5) is 39.9. The molecule has 0 saturated carbocycles. The van der Waals surface area contributed by atoms with Gasteiger partial charge >= 0.3 is 17.9 Å². The molecule has 2 saturated heterocycles. The van der Waals surface area contributed by atoms with Gasteiger partial charge in [-0.2, -0.15) is 0 Å². The first-order chi connectivity index (χ1) is 15.2. The summed E-state index contributed by atoms with van der Waals surface area (Å²) in [6, 6.07) is -0.496. The van der Waals surface area contributed by atoms with E-state index in [0.717, 1.165) is 25.7 Å². The molecule has 3 aliphatic heterocycles. The van der Waals surface area contributed by atoms with Gasteiger partial charge in [0.15, 0.2) is 6.10 Å². The molecule has 0 aromatic carbocycles. The Morgan fingerprint density at radius 3 is 2.66 bits per heavy atom. The number of esters is 3. The lowest BCUT2D eigenvalue weighted by atomic mass is 9.79. The van der Waals surface area contributed by atoms with Crippen molar-refractivity contribution in [1.82, 2.24) is 4.90 Å². The van der Waals surface area contributed by atoms with Crippen molar-refractivity contribution in [3.05, 3.63) is 11.6 Å². The van der Waals surface area contributed by atoms with Crippen molar-refractivity contribution in [2.24, 2.45) is 11.8 Å². The number of nitrogens with zero attached hydrogens (tertiary/aromatic N) is 1. The summed E-state index contributed by atoms with van der Waals surface area (Å²) in [6.45, 7) is 5.90.